The lowest BCUT2D eigenvalue weighted by atomic mass is 10.2. The monoisotopic (exact) mass is 308 g/mol. The number of nitrogens with one attached hydrogen (secondary N) is 1. The van der Waals surface area contributed by atoms with Gasteiger partial charge in [0.05, 0.1) is 16.4 Å². The lowest BCUT2D eigenvalue weighted by Crippen LogP contribution is -2.15. The fourth-order valence-electron chi connectivity index (χ4n) is 1.72. The van der Waals surface area contributed by atoms with Gasteiger partial charge in [-0.15, -0.1) is 0 Å². The Labute approximate surface area is 121 Å². The Hall–Kier alpha value is -2.61. The van der Waals surface area contributed by atoms with E-state index in [9.17, 15) is 23.6 Å². The van der Waals surface area contributed by atoms with Crippen molar-refractivity contribution < 1.29 is 18.4 Å². The number of hydrogen-bond acceptors (Lipinski definition) is 5. The number of nitrogens with zero attached hydrogens (tertiary/aromatic N) is 1. The molecule has 0 aliphatic rings. The third-order valence-corrected chi connectivity index (χ3v) is 3.90. The molecular weight excluding hydrogens is 296 g/mol. The molecule has 110 valence electrons. The summed E-state index contributed by atoms with van der Waals surface area (Å²) in [4.78, 5) is 10.00. The largest absolute Gasteiger partial charge is 0.506 e. The van der Waals surface area contributed by atoms with Gasteiger partial charge in [-0.25, -0.2) is 8.42 Å². The normalized spacial score (nSPS) is 11.0. The first-order valence-electron chi connectivity index (χ1n) is 5.89. The molecule has 0 unspecified atom stereocenters. The third-order valence-electron chi connectivity index (χ3n) is 2.66. The fraction of sp³-hybridized carbons (Fsp3) is 0.0769. The van der Waals surface area contributed by atoms with Crippen molar-refractivity contribution in [3.8, 4) is 5.75 Å². The molecular formula is C13H12N2O5S. The molecule has 8 heteroatoms. The van der Waals surface area contributed by atoms with Crippen molar-refractivity contribution in [2.75, 3.05) is 4.72 Å². The quantitative estimate of drug-likeness (QED) is 0.500. The van der Waals surface area contributed by atoms with Crippen molar-refractivity contribution in [3.63, 3.8) is 0 Å². The number of sulfonamides is 1. The zero-order chi connectivity index (χ0) is 15.5. The van der Waals surface area contributed by atoms with Crippen LogP contribution in [0.15, 0.2) is 48.5 Å². The summed E-state index contributed by atoms with van der Waals surface area (Å²) in [5, 5.41) is 20.3. The van der Waals surface area contributed by atoms with E-state index in [2.05, 4.69) is 4.72 Å². The maximum Gasteiger partial charge on any atom is 0.271 e. The van der Waals surface area contributed by atoms with Gasteiger partial charge in [-0.1, -0.05) is 30.3 Å². The molecule has 2 aromatic carbocycles. The minimum absolute atomic E-state index is 0.222. The van der Waals surface area contributed by atoms with Crippen LogP contribution in [0.1, 0.15) is 5.56 Å². The molecule has 0 aliphatic carbocycles. The van der Waals surface area contributed by atoms with Crippen LogP contribution in [0.25, 0.3) is 0 Å². The topological polar surface area (TPSA) is 110 Å². The van der Waals surface area contributed by atoms with Crippen LogP contribution < -0.4 is 4.72 Å². The Morgan fingerprint density at radius 1 is 1.14 bits per heavy atom. The molecule has 2 rings (SSSR count). The van der Waals surface area contributed by atoms with Gasteiger partial charge in [0.1, 0.15) is 5.75 Å². The van der Waals surface area contributed by atoms with Crippen LogP contribution in [0.3, 0.4) is 0 Å². The molecule has 0 radical (unpaired) electrons. The molecule has 0 aliphatic heterocycles. The second-order valence-corrected chi connectivity index (χ2v) is 6.03. The molecule has 0 spiro atoms. The molecule has 0 bridgehead atoms. The van der Waals surface area contributed by atoms with Gasteiger partial charge in [0, 0.05) is 12.1 Å². The highest BCUT2D eigenvalue weighted by molar-refractivity contribution is 7.91. The van der Waals surface area contributed by atoms with Crippen molar-refractivity contribution >= 4 is 21.4 Å². The number of non-ortho nitro benzene ring substituents is 1. The number of anilines is 1. The molecule has 0 heterocycles. The van der Waals surface area contributed by atoms with Gasteiger partial charge < -0.3 is 5.11 Å². The van der Waals surface area contributed by atoms with Gasteiger partial charge in [-0.3, -0.25) is 14.8 Å². The number of rotatable bonds is 5. The van der Waals surface area contributed by atoms with E-state index in [1.807, 2.05) is 0 Å². The SMILES string of the molecule is O=[N+]([O-])c1ccc(O)c(NS(=O)(=O)Cc2ccccc2)c1. The Kier molecular flexibility index (Phi) is 4.08. The van der Waals surface area contributed by atoms with Crippen molar-refractivity contribution in [2.45, 2.75) is 5.75 Å². The van der Waals surface area contributed by atoms with Crippen molar-refractivity contribution in [1.82, 2.24) is 0 Å². The second-order valence-electron chi connectivity index (χ2n) is 4.31. The summed E-state index contributed by atoms with van der Waals surface area (Å²) in [6, 6.07) is 11.6. The lowest BCUT2D eigenvalue weighted by Gasteiger charge is -2.09. The Balaban J connectivity index is 2.24. The molecule has 0 fully saturated rings. The van der Waals surface area contributed by atoms with E-state index >= 15 is 0 Å². The van der Waals surface area contributed by atoms with Crippen LogP contribution in [0.2, 0.25) is 0 Å². The second kappa shape index (κ2) is 5.80. The highest BCUT2D eigenvalue weighted by Crippen LogP contribution is 2.29. The van der Waals surface area contributed by atoms with Gasteiger partial charge >= 0.3 is 0 Å². The summed E-state index contributed by atoms with van der Waals surface area (Å²) in [5.74, 6) is -0.673. The highest BCUT2D eigenvalue weighted by Gasteiger charge is 2.17. The molecule has 2 aromatic rings. The molecule has 0 saturated heterocycles. The summed E-state index contributed by atoms with van der Waals surface area (Å²) in [5.41, 5.74) is 0.0280. The number of benzene rings is 2. The van der Waals surface area contributed by atoms with Gasteiger partial charge in [-0.05, 0) is 11.6 Å². The minimum Gasteiger partial charge on any atom is -0.506 e. The number of phenols is 1. The van der Waals surface area contributed by atoms with Gasteiger partial charge in [-0.2, -0.15) is 0 Å². The molecule has 0 saturated carbocycles. The number of nitro groups is 1. The Morgan fingerprint density at radius 3 is 2.43 bits per heavy atom. The minimum atomic E-state index is -3.79. The lowest BCUT2D eigenvalue weighted by molar-refractivity contribution is -0.384. The number of nitro benzene ring substituents is 1. The zero-order valence-electron chi connectivity index (χ0n) is 10.8. The molecule has 7 nitrogen and oxygen atoms in total. The smallest absolute Gasteiger partial charge is 0.271 e. The van der Waals surface area contributed by atoms with E-state index in [0.717, 1.165) is 18.2 Å². The van der Waals surface area contributed by atoms with Crippen LogP contribution in [-0.4, -0.2) is 18.4 Å². The van der Waals surface area contributed by atoms with E-state index in [1.165, 1.54) is 0 Å². The summed E-state index contributed by atoms with van der Waals surface area (Å²) in [6.07, 6.45) is 0. The summed E-state index contributed by atoms with van der Waals surface area (Å²) >= 11 is 0. The fourth-order valence-corrected chi connectivity index (χ4v) is 2.92. The van der Waals surface area contributed by atoms with Crippen molar-refractivity contribution in [1.29, 1.82) is 0 Å². The van der Waals surface area contributed by atoms with E-state index in [-0.39, 0.29) is 22.9 Å². The summed E-state index contributed by atoms with van der Waals surface area (Å²) in [6.45, 7) is 0. The maximum atomic E-state index is 12.0. The summed E-state index contributed by atoms with van der Waals surface area (Å²) < 4.78 is 26.2. The van der Waals surface area contributed by atoms with Gasteiger partial charge in [0.25, 0.3) is 5.69 Å². The first-order chi connectivity index (χ1) is 9.87. The molecule has 0 amide bonds. The molecule has 21 heavy (non-hydrogen) atoms. The number of hydrogen-bond donors (Lipinski definition) is 2. The highest BCUT2D eigenvalue weighted by atomic mass is 32.2. The van der Waals surface area contributed by atoms with E-state index in [0.29, 0.717) is 5.56 Å². The molecule has 0 aromatic heterocycles. The van der Waals surface area contributed by atoms with Gasteiger partial charge in [0.15, 0.2) is 0 Å². The maximum absolute atomic E-state index is 12.0. The van der Waals surface area contributed by atoms with E-state index in [1.54, 1.807) is 30.3 Å². The van der Waals surface area contributed by atoms with Crippen LogP contribution in [0, 0.1) is 10.1 Å². The molecule has 2 N–H and O–H groups in total. The average Bonchev–Trinajstić information content (AvgIpc) is 2.41. The predicted octanol–water partition coefficient (Wildman–Crippen LogP) is 2.24. The third kappa shape index (κ3) is 3.93. The zero-order valence-corrected chi connectivity index (χ0v) is 11.6. The van der Waals surface area contributed by atoms with Gasteiger partial charge in [0.2, 0.25) is 10.0 Å². The molecule has 0 atom stereocenters. The average molecular weight is 308 g/mol. The predicted molar refractivity (Wildman–Crippen MR) is 77.4 cm³/mol. The summed E-state index contributed by atoms with van der Waals surface area (Å²) in [7, 11) is -3.79. The number of aromatic hydroxyl groups is 1. The van der Waals surface area contributed by atoms with Crippen LogP contribution in [0.5, 0.6) is 5.75 Å². The van der Waals surface area contributed by atoms with Crippen LogP contribution >= 0.6 is 0 Å². The van der Waals surface area contributed by atoms with E-state index in [4.69, 9.17) is 0 Å². The standard InChI is InChI=1S/C13H12N2O5S/c16-13-7-6-11(15(17)18)8-12(13)14-21(19,20)9-10-4-2-1-3-5-10/h1-8,14,16H,9H2. The Morgan fingerprint density at radius 2 is 1.81 bits per heavy atom. The van der Waals surface area contributed by atoms with E-state index < -0.39 is 14.9 Å². The number of phenolic OH excluding ortho intramolecular Hbond substituents is 1. The van der Waals surface area contributed by atoms with Crippen molar-refractivity contribution in [2.24, 2.45) is 0 Å². The first kappa shape index (κ1) is 14.8. The first-order valence-corrected chi connectivity index (χ1v) is 7.54. The Bertz CT molecular complexity index is 759. The van der Waals surface area contributed by atoms with Crippen LogP contribution in [-0.2, 0) is 15.8 Å². The van der Waals surface area contributed by atoms with Crippen molar-refractivity contribution in [3.05, 3.63) is 64.2 Å². The van der Waals surface area contributed by atoms with Crippen LogP contribution in [0.4, 0.5) is 11.4 Å².